The Kier molecular flexibility index (Phi) is 3.61. The highest BCUT2D eigenvalue weighted by Gasteiger charge is 2.31. The van der Waals surface area contributed by atoms with Crippen molar-refractivity contribution in [2.45, 2.75) is 6.36 Å². The second-order valence-corrected chi connectivity index (χ2v) is 3.13. The van der Waals surface area contributed by atoms with Gasteiger partial charge in [0, 0.05) is 10.6 Å². The van der Waals surface area contributed by atoms with Gasteiger partial charge in [-0.15, -0.1) is 13.2 Å². The third kappa shape index (κ3) is 3.59. The summed E-state index contributed by atoms with van der Waals surface area (Å²) in [4.78, 5) is 11.1. The third-order valence-electron chi connectivity index (χ3n) is 1.50. The van der Waals surface area contributed by atoms with Crippen molar-refractivity contribution in [2.75, 3.05) is 0 Å². The Morgan fingerprint density at radius 1 is 1.38 bits per heavy atom. The van der Waals surface area contributed by atoms with E-state index < -0.39 is 18.0 Å². The van der Waals surface area contributed by atoms with Crippen LogP contribution < -0.4 is 16.0 Å². The fraction of sp³-hybridized carbons (Fsp3) is 0.125. The molecular weight excluding hydrogens is 249 g/mol. The summed E-state index contributed by atoms with van der Waals surface area (Å²) < 4.78 is 39.3. The first-order chi connectivity index (χ1) is 7.31. The summed E-state index contributed by atoms with van der Waals surface area (Å²) in [5.41, 5.74) is 1.63. The zero-order valence-corrected chi connectivity index (χ0v) is 8.39. The largest absolute Gasteiger partial charge is 0.573 e. The zero-order valence-electron chi connectivity index (χ0n) is 7.64. The molecule has 8 heteroatoms. The lowest BCUT2D eigenvalue weighted by molar-refractivity contribution is -0.274. The molecule has 0 aliphatic heterocycles. The van der Waals surface area contributed by atoms with Crippen LogP contribution in [-0.4, -0.2) is 12.3 Å². The summed E-state index contributed by atoms with van der Waals surface area (Å²) in [6, 6.07) is 2.97. The minimum Gasteiger partial charge on any atom is -0.406 e. The number of nitrogen functional groups attached to an aromatic ring is 1. The van der Waals surface area contributed by atoms with Gasteiger partial charge in [-0.05, 0) is 18.2 Å². The summed E-state index contributed by atoms with van der Waals surface area (Å²) >= 11 is 5.51. The van der Waals surface area contributed by atoms with Gasteiger partial charge in [0.25, 0.3) is 5.91 Å². The van der Waals surface area contributed by atoms with Gasteiger partial charge in [-0.2, -0.15) is 0 Å². The van der Waals surface area contributed by atoms with E-state index in [0.29, 0.717) is 0 Å². The van der Waals surface area contributed by atoms with E-state index in [1.54, 1.807) is 5.43 Å². The number of ether oxygens (including phenoxy) is 1. The standard InChI is InChI=1S/C8H6ClF3N2O2/c9-5-1-4(7(15)14-13)2-6(3-5)16-8(10,11)12/h1-3H,13H2,(H,14,15). The first-order valence-corrected chi connectivity index (χ1v) is 4.27. The number of hydrogen-bond donors (Lipinski definition) is 2. The molecule has 4 nitrogen and oxygen atoms in total. The number of benzene rings is 1. The van der Waals surface area contributed by atoms with Gasteiger partial charge >= 0.3 is 6.36 Å². The maximum absolute atomic E-state index is 11.9. The lowest BCUT2D eigenvalue weighted by atomic mass is 10.2. The van der Waals surface area contributed by atoms with Crippen LogP contribution in [0, 0.1) is 0 Å². The Labute approximate surface area is 93.1 Å². The van der Waals surface area contributed by atoms with E-state index in [-0.39, 0.29) is 10.6 Å². The minimum absolute atomic E-state index is 0.0691. The smallest absolute Gasteiger partial charge is 0.406 e. The van der Waals surface area contributed by atoms with Gasteiger partial charge in [0.05, 0.1) is 0 Å². The van der Waals surface area contributed by atoms with Crippen molar-refractivity contribution in [2.24, 2.45) is 5.84 Å². The summed E-state index contributed by atoms with van der Waals surface area (Å²) in [6.07, 6.45) is -4.85. The maximum atomic E-state index is 11.9. The van der Waals surface area contributed by atoms with Gasteiger partial charge in [0.15, 0.2) is 0 Å². The van der Waals surface area contributed by atoms with Gasteiger partial charge in [-0.1, -0.05) is 11.6 Å². The fourth-order valence-corrected chi connectivity index (χ4v) is 1.19. The van der Waals surface area contributed by atoms with Crippen molar-refractivity contribution in [1.82, 2.24) is 5.43 Å². The summed E-state index contributed by atoms with van der Waals surface area (Å²) in [6.45, 7) is 0. The number of carbonyl (C=O) groups is 1. The topological polar surface area (TPSA) is 64.3 Å². The van der Waals surface area contributed by atoms with Gasteiger partial charge in [-0.25, -0.2) is 5.84 Å². The van der Waals surface area contributed by atoms with Crippen LogP contribution in [0.25, 0.3) is 0 Å². The summed E-state index contributed by atoms with van der Waals surface area (Å²) in [7, 11) is 0. The van der Waals surface area contributed by atoms with Crippen LogP contribution in [-0.2, 0) is 0 Å². The number of alkyl halides is 3. The molecule has 0 heterocycles. The predicted molar refractivity (Wildman–Crippen MR) is 49.8 cm³/mol. The molecule has 0 radical (unpaired) electrons. The molecule has 1 rings (SSSR count). The Morgan fingerprint density at radius 3 is 2.50 bits per heavy atom. The number of amides is 1. The van der Waals surface area contributed by atoms with E-state index in [1.165, 1.54) is 0 Å². The summed E-state index contributed by atoms with van der Waals surface area (Å²) in [5.74, 6) is 3.47. The molecule has 0 bridgehead atoms. The van der Waals surface area contributed by atoms with Crippen LogP contribution in [0.5, 0.6) is 5.75 Å². The fourth-order valence-electron chi connectivity index (χ4n) is 0.970. The maximum Gasteiger partial charge on any atom is 0.573 e. The molecule has 0 spiro atoms. The van der Waals surface area contributed by atoms with Gasteiger partial charge in [0.2, 0.25) is 0 Å². The molecule has 1 amide bonds. The average Bonchev–Trinajstić information content (AvgIpc) is 2.12. The number of carbonyl (C=O) groups excluding carboxylic acids is 1. The molecule has 0 unspecified atom stereocenters. The number of hydrazine groups is 1. The molecule has 0 aliphatic rings. The molecule has 1 aromatic carbocycles. The monoisotopic (exact) mass is 254 g/mol. The molecular formula is C8H6ClF3N2O2. The number of nitrogens with one attached hydrogen (secondary N) is 1. The number of nitrogens with two attached hydrogens (primary N) is 1. The normalized spacial score (nSPS) is 11.1. The van der Waals surface area contributed by atoms with E-state index in [4.69, 9.17) is 17.4 Å². The van der Waals surface area contributed by atoms with Crippen molar-refractivity contribution in [1.29, 1.82) is 0 Å². The molecule has 3 N–H and O–H groups in total. The molecule has 1 aromatic rings. The van der Waals surface area contributed by atoms with Crippen LogP contribution >= 0.6 is 11.6 Å². The molecule has 0 fully saturated rings. The van der Waals surface area contributed by atoms with Crippen molar-refractivity contribution in [3.05, 3.63) is 28.8 Å². The Hall–Kier alpha value is -1.47. The number of hydrogen-bond acceptors (Lipinski definition) is 3. The number of rotatable bonds is 2. The lowest BCUT2D eigenvalue weighted by Crippen LogP contribution is -2.30. The summed E-state index contributed by atoms with van der Waals surface area (Å²) in [5, 5.41) is -0.0691. The van der Waals surface area contributed by atoms with Crippen molar-refractivity contribution < 1.29 is 22.7 Å². The first kappa shape index (κ1) is 12.6. The van der Waals surface area contributed by atoms with E-state index in [2.05, 4.69) is 4.74 Å². The molecule has 88 valence electrons. The van der Waals surface area contributed by atoms with E-state index in [1.807, 2.05) is 0 Å². The Bertz CT molecular complexity index is 409. The Balaban J connectivity index is 3.03. The van der Waals surface area contributed by atoms with E-state index in [9.17, 15) is 18.0 Å². The van der Waals surface area contributed by atoms with Crippen LogP contribution in [0.15, 0.2) is 18.2 Å². The quantitative estimate of drug-likeness (QED) is 0.481. The van der Waals surface area contributed by atoms with Crippen LogP contribution in [0.2, 0.25) is 5.02 Å². The van der Waals surface area contributed by atoms with Crippen LogP contribution in [0.1, 0.15) is 10.4 Å². The van der Waals surface area contributed by atoms with Crippen molar-refractivity contribution >= 4 is 17.5 Å². The SMILES string of the molecule is NNC(=O)c1cc(Cl)cc(OC(F)(F)F)c1. The van der Waals surface area contributed by atoms with Gasteiger partial charge < -0.3 is 4.74 Å². The van der Waals surface area contributed by atoms with Crippen molar-refractivity contribution in [3.8, 4) is 5.75 Å². The van der Waals surface area contributed by atoms with E-state index in [0.717, 1.165) is 18.2 Å². The second-order valence-electron chi connectivity index (χ2n) is 2.70. The van der Waals surface area contributed by atoms with Crippen LogP contribution in [0.4, 0.5) is 13.2 Å². The van der Waals surface area contributed by atoms with Crippen molar-refractivity contribution in [3.63, 3.8) is 0 Å². The Morgan fingerprint density at radius 2 is 2.00 bits per heavy atom. The molecule has 0 atom stereocenters. The molecule has 0 saturated carbocycles. The molecule has 0 aromatic heterocycles. The molecule has 0 aliphatic carbocycles. The highest BCUT2D eigenvalue weighted by Crippen LogP contribution is 2.26. The van der Waals surface area contributed by atoms with Gasteiger partial charge in [-0.3, -0.25) is 10.2 Å². The van der Waals surface area contributed by atoms with Gasteiger partial charge in [0.1, 0.15) is 5.75 Å². The highest BCUT2D eigenvalue weighted by molar-refractivity contribution is 6.31. The first-order valence-electron chi connectivity index (χ1n) is 3.89. The number of halogens is 4. The molecule has 16 heavy (non-hydrogen) atoms. The highest BCUT2D eigenvalue weighted by atomic mass is 35.5. The lowest BCUT2D eigenvalue weighted by Gasteiger charge is -2.10. The van der Waals surface area contributed by atoms with Crippen LogP contribution in [0.3, 0.4) is 0 Å². The van der Waals surface area contributed by atoms with E-state index >= 15 is 0 Å². The predicted octanol–water partition coefficient (Wildman–Crippen LogP) is 1.84. The second kappa shape index (κ2) is 4.58. The molecule has 0 saturated heterocycles. The minimum atomic E-state index is -4.85. The average molecular weight is 255 g/mol. The zero-order chi connectivity index (χ0) is 12.3. The third-order valence-corrected chi connectivity index (χ3v) is 1.72.